The lowest BCUT2D eigenvalue weighted by Gasteiger charge is -2.10. The standard InChI is InChI=1S/C21H17N3O5/c1-2-28-21(27)23-14-7-8-15-13(9-19(25)29-18(15)10-14)11-24-12-22-17-6-4-3-5-16(17)20(24)26/h3-10,12H,2,11H2,1H3,(H,23,27). The number of aromatic nitrogens is 2. The van der Waals surface area contributed by atoms with Crippen molar-refractivity contribution in [1.29, 1.82) is 0 Å². The highest BCUT2D eigenvalue weighted by Gasteiger charge is 2.11. The molecule has 2 aromatic heterocycles. The number of hydrogen-bond donors (Lipinski definition) is 1. The Hall–Kier alpha value is -3.94. The average Bonchev–Trinajstić information content (AvgIpc) is 2.70. The van der Waals surface area contributed by atoms with E-state index in [4.69, 9.17) is 9.15 Å². The Labute approximate surface area is 164 Å². The van der Waals surface area contributed by atoms with Gasteiger partial charge < -0.3 is 9.15 Å². The van der Waals surface area contributed by atoms with Crippen LogP contribution in [0.4, 0.5) is 10.5 Å². The van der Waals surface area contributed by atoms with Crippen molar-refractivity contribution >= 4 is 33.7 Å². The van der Waals surface area contributed by atoms with Crippen molar-refractivity contribution in [2.24, 2.45) is 0 Å². The number of anilines is 1. The highest BCUT2D eigenvalue weighted by atomic mass is 16.5. The molecule has 0 saturated heterocycles. The largest absolute Gasteiger partial charge is 0.450 e. The van der Waals surface area contributed by atoms with Crippen LogP contribution in [0.3, 0.4) is 0 Å². The fourth-order valence-corrected chi connectivity index (χ4v) is 3.13. The first-order chi connectivity index (χ1) is 14.0. The van der Waals surface area contributed by atoms with Crippen molar-refractivity contribution in [1.82, 2.24) is 9.55 Å². The molecule has 0 spiro atoms. The van der Waals surface area contributed by atoms with Gasteiger partial charge in [0.15, 0.2) is 0 Å². The highest BCUT2D eigenvalue weighted by Crippen LogP contribution is 2.22. The monoisotopic (exact) mass is 391 g/mol. The molecule has 0 atom stereocenters. The van der Waals surface area contributed by atoms with Gasteiger partial charge in [-0.1, -0.05) is 12.1 Å². The van der Waals surface area contributed by atoms with E-state index in [1.165, 1.54) is 17.0 Å². The third kappa shape index (κ3) is 3.73. The summed E-state index contributed by atoms with van der Waals surface area (Å²) in [7, 11) is 0. The third-order valence-corrected chi connectivity index (χ3v) is 4.42. The fraction of sp³-hybridized carbons (Fsp3) is 0.143. The van der Waals surface area contributed by atoms with Crippen LogP contribution in [0.2, 0.25) is 0 Å². The Kier molecular flexibility index (Phi) is 4.82. The minimum atomic E-state index is -0.598. The molecule has 146 valence electrons. The molecule has 0 unspecified atom stereocenters. The normalized spacial score (nSPS) is 10.9. The van der Waals surface area contributed by atoms with E-state index in [2.05, 4.69) is 10.3 Å². The number of carbonyl (C=O) groups is 1. The Morgan fingerprint density at radius 3 is 2.79 bits per heavy atom. The molecular formula is C21H17N3O5. The van der Waals surface area contributed by atoms with Gasteiger partial charge in [-0.2, -0.15) is 0 Å². The van der Waals surface area contributed by atoms with Crippen molar-refractivity contribution in [3.05, 3.63) is 81.2 Å². The minimum absolute atomic E-state index is 0.156. The molecule has 2 heterocycles. The summed E-state index contributed by atoms with van der Waals surface area (Å²) in [5.74, 6) is 0. The number of carbonyl (C=O) groups excluding carboxylic acids is 1. The molecule has 29 heavy (non-hydrogen) atoms. The molecule has 4 aromatic rings. The quantitative estimate of drug-likeness (QED) is 0.536. The van der Waals surface area contributed by atoms with Crippen molar-refractivity contribution in [3.8, 4) is 0 Å². The van der Waals surface area contributed by atoms with E-state index in [0.29, 0.717) is 33.1 Å². The van der Waals surface area contributed by atoms with E-state index in [1.54, 1.807) is 43.3 Å². The number of fused-ring (bicyclic) bond motifs is 2. The van der Waals surface area contributed by atoms with Crippen molar-refractivity contribution in [3.63, 3.8) is 0 Å². The number of amides is 1. The summed E-state index contributed by atoms with van der Waals surface area (Å²) < 4.78 is 11.6. The number of nitrogens with one attached hydrogen (secondary N) is 1. The second-order valence-electron chi connectivity index (χ2n) is 6.34. The number of hydrogen-bond acceptors (Lipinski definition) is 6. The van der Waals surface area contributed by atoms with Crippen LogP contribution in [0.15, 0.2) is 68.9 Å². The predicted octanol–water partition coefficient (Wildman–Crippen LogP) is 3.12. The molecule has 1 amide bonds. The van der Waals surface area contributed by atoms with Crippen LogP contribution in [0, 0.1) is 0 Å². The third-order valence-electron chi connectivity index (χ3n) is 4.42. The van der Waals surface area contributed by atoms with E-state index in [9.17, 15) is 14.4 Å². The minimum Gasteiger partial charge on any atom is -0.450 e. The van der Waals surface area contributed by atoms with Gasteiger partial charge in [-0.3, -0.25) is 14.7 Å². The summed E-state index contributed by atoms with van der Waals surface area (Å²) in [4.78, 5) is 40.7. The van der Waals surface area contributed by atoms with E-state index in [0.717, 1.165) is 0 Å². The van der Waals surface area contributed by atoms with Gasteiger partial charge in [0.25, 0.3) is 5.56 Å². The number of ether oxygens (including phenoxy) is 1. The van der Waals surface area contributed by atoms with Crippen molar-refractivity contribution in [2.75, 3.05) is 11.9 Å². The maximum Gasteiger partial charge on any atom is 0.411 e. The van der Waals surface area contributed by atoms with Gasteiger partial charge in [-0.05, 0) is 36.8 Å². The zero-order chi connectivity index (χ0) is 20.4. The van der Waals surface area contributed by atoms with Gasteiger partial charge >= 0.3 is 11.7 Å². The van der Waals surface area contributed by atoms with Gasteiger partial charge in [-0.25, -0.2) is 14.6 Å². The van der Waals surface area contributed by atoms with E-state index in [1.807, 2.05) is 6.07 Å². The maximum atomic E-state index is 12.8. The zero-order valence-corrected chi connectivity index (χ0v) is 15.5. The Bertz CT molecular complexity index is 1340. The lowest BCUT2D eigenvalue weighted by atomic mass is 10.1. The molecular weight excluding hydrogens is 374 g/mol. The maximum absolute atomic E-state index is 12.8. The van der Waals surface area contributed by atoms with Crippen LogP contribution in [0.1, 0.15) is 12.5 Å². The number of benzene rings is 2. The van der Waals surface area contributed by atoms with Crippen LogP contribution in [-0.4, -0.2) is 22.3 Å². The van der Waals surface area contributed by atoms with Crippen molar-refractivity contribution in [2.45, 2.75) is 13.5 Å². The first-order valence-corrected chi connectivity index (χ1v) is 9.00. The van der Waals surface area contributed by atoms with Crippen LogP contribution in [-0.2, 0) is 11.3 Å². The summed E-state index contributed by atoms with van der Waals surface area (Å²) >= 11 is 0. The number of rotatable bonds is 4. The molecule has 8 nitrogen and oxygen atoms in total. The summed E-state index contributed by atoms with van der Waals surface area (Å²) in [6, 6.07) is 13.4. The van der Waals surface area contributed by atoms with Crippen LogP contribution >= 0.6 is 0 Å². The summed E-state index contributed by atoms with van der Waals surface area (Å²) in [5, 5.41) is 3.72. The highest BCUT2D eigenvalue weighted by molar-refractivity contribution is 5.90. The molecule has 0 aliphatic heterocycles. The molecule has 4 rings (SSSR count). The van der Waals surface area contributed by atoms with Gasteiger partial charge in [0.05, 0.1) is 30.4 Å². The smallest absolute Gasteiger partial charge is 0.411 e. The fourth-order valence-electron chi connectivity index (χ4n) is 3.13. The molecule has 0 fully saturated rings. The Balaban J connectivity index is 1.74. The topological polar surface area (TPSA) is 103 Å². The molecule has 1 N–H and O–H groups in total. The lowest BCUT2D eigenvalue weighted by Crippen LogP contribution is -2.21. The van der Waals surface area contributed by atoms with Crippen LogP contribution in [0.5, 0.6) is 0 Å². The summed E-state index contributed by atoms with van der Waals surface area (Å²) in [5.41, 5.74) is 1.20. The first-order valence-electron chi connectivity index (χ1n) is 9.00. The second kappa shape index (κ2) is 7.59. The average molecular weight is 391 g/mol. The second-order valence-corrected chi connectivity index (χ2v) is 6.34. The Morgan fingerprint density at radius 2 is 1.97 bits per heavy atom. The van der Waals surface area contributed by atoms with Gasteiger partial charge in [-0.15, -0.1) is 0 Å². The van der Waals surface area contributed by atoms with Gasteiger partial charge in [0.2, 0.25) is 0 Å². The molecule has 0 bridgehead atoms. The first kappa shape index (κ1) is 18.4. The number of nitrogens with zero attached hydrogens (tertiary/aromatic N) is 2. The molecule has 2 aromatic carbocycles. The van der Waals surface area contributed by atoms with E-state index < -0.39 is 11.7 Å². The lowest BCUT2D eigenvalue weighted by molar-refractivity contribution is 0.168. The zero-order valence-electron chi connectivity index (χ0n) is 15.5. The van der Waals surface area contributed by atoms with Crippen molar-refractivity contribution < 1.29 is 13.9 Å². The van der Waals surface area contributed by atoms with E-state index >= 15 is 0 Å². The van der Waals surface area contributed by atoms with Crippen LogP contribution in [0.25, 0.3) is 21.9 Å². The van der Waals surface area contributed by atoms with Gasteiger partial charge in [0, 0.05) is 23.2 Å². The molecule has 0 saturated carbocycles. The number of para-hydroxylation sites is 1. The predicted molar refractivity (Wildman–Crippen MR) is 108 cm³/mol. The molecule has 8 heteroatoms. The molecule has 0 aliphatic carbocycles. The molecule has 0 radical (unpaired) electrons. The molecule has 0 aliphatic rings. The van der Waals surface area contributed by atoms with Gasteiger partial charge in [0.1, 0.15) is 5.58 Å². The SMILES string of the molecule is CCOC(=O)Nc1ccc2c(Cn3cnc4ccccc4c3=O)cc(=O)oc2c1. The van der Waals surface area contributed by atoms with Crippen LogP contribution < -0.4 is 16.5 Å². The summed E-state index contributed by atoms with van der Waals surface area (Å²) in [6.45, 7) is 2.10. The summed E-state index contributed by atoms with van der Waals surface area (Å²) in [6.07, 6.45) is 0.862. The van der Waals surface area contributed by atoms with E-state index in [-0.39, 0.29) is 18.7 Å². The Morgan fingerprint density at radius 1 is 1.14 bits per heavy atom.